The molecule has 0 saturated heterocycles. The van der Waals surface area contributed by atoms with Gasteiger partial charge in [-0.05, 0) is 19.1 Å². The average Bonchev–Trinajstić information content (AvgIpc) is 2.45. The maximum absolute atomic E-state index is 12.9. The minimum absolute atomic E-state index is 0.283. The smallest absolute Gasteiger partial charge is 0.149 e. The summed E-state index contributed by atoms with van der Waals surface area (Å²) in [5.41, 5.74) is 7.04. The Labute approximate surface area is 80.8 Å². The highest BCUT2D eigenvalue weighted by Gasteiger charge is 2.07. The minimum Gasteiger partial charge on any atom is -0.382 e. The van der Waals surface area contributed by atoms with Crippen LogP contribution in [0.5, 0.6) is 0 Å². The van der Waals surface area contributed by atoms with Gasteiger partial charge in [0.15, 0.2) is 0 Å². The molecule has 0 saturated carbocycles. The number of aromatic nitrogens is 2. The van der Waals surface area contributed by atoms with Gasteiger partial charge in [0.05, 0.1) is 5.69 Å². The molecule has 0 aliphatic rings. The van der Waals surface area contributed by atoms with Crippen molar-refractivity contribution in [3.63, 3.8) is 0 Å². The Morgan fingerprint density at radius 2 is 2.21 bits per heavy atom. The van der Waals surface area contributed by atoms with Crippen molar-refractivity contribution in [3.05, 3.63) is 35.9 Å². The van der Waals surface area contributed by atoms with Gasteiger partial charge in [-0.15, -0.1) is 0 Å². The number of halogens is 1. The maximum Gasteiger partial charge on any atom is 0.149 e. The summed E-state index contributed by atoms with van der Waals surface area (Å²) in [6.45, 7) is 1.80. The zero-order valence-corrected chi connectivity index (χ0v) is 7.71. The van der Waals surface area contributed by atoms with Crippen molar-refractivity contribution >= 4 is 5.82 Å². The van der Waals surface area contributed by atoms with Crippen LogP contribution < -0.4 is 5.73 Å². The second kappa shape index (κ2) is 3.14. The Bertz CT molecular complexity index is 462. The lowest BCUT2D eigenvalue weighted by Crippen LogP contribution is -1.88. The van der Waals surface area contributed by atoms with Crippen LogP contribution in [-0.4, -0.2) is 9.97 Å². The van der Waals surface area contributed by atoms with Crippen LogP contribution in [0.25, 0.3) is 11.3 Å². The second-order valence-electron chi connectivity index (χ2n) is 3.09. The van der Waals surface area contributed by atoms with Crippen LogP contribution in [0.1, 0.15) is 5.82 Å². The maximum atomic E-state index is 12.9. The van der Waals surface area contributed by atoms with Gasteiger partial charge in [0.25, 0.3) is 0 Å². The monoisotopic (exact) mass is 191 g/mol. The van der Waals surface area contributed by atoms with E-state index in [1.807, 2.05) is 0 Å². The van der Waals surface area contributed by atoms with Crippen LogP contribution in [0, 0.1) is 12.7 Å². The first-order valence-electron chi connectivity index (χ1n) is 4.25. The molecule has 3 nitrogen and oxygen atoms in total. The van der Waals surface area contributed by atoms with E-state index in [0.29, 0.717) is 17.1 Å². The molecule has 0 bridgehead atoms. The first-order chi connectivity index (χ1) is 6.66. The normalized spacial score (nSPS) is 10.4. The molecule has 0 atom stereocenters. The van der Waals surface area contributed by atoms with Crippen molar-refractivity contribution < 1.29 is 4.39 Å². The molecule has 0 aliphatic heterocycles. The molecular weight excluding hydrogens is 181 g/mol. The zero-order chi connectivity index (χ0) is 10.1. The van der Waals surface area contributed by atoms with Gasteiger partial charge in [0, 0.05) is 5.56 Å². The Kier molecular flexibility index (Phi) is 1.96. The predicted molar refractivity (Wildman–Crippen MR) is 53.1 cm³/mol. The molecule has 14 heavy (non-hydrogen) atoms. The number of benzene rings is 1. The number of hydrogen-bond donors (Lipinski definition) is 2. The predicted octanol–water partition coefficient (Wildman–Crippen LogP) is 2.11. The summed E-state index contributed by atoms with van der Waals surface area (Å²) >= 11 is 0. The van der Waals surface area contributed by atoms with Gasteiger partial charge in [-0.2, -0.15) is 0 Å². The quantitative estimate of drug-likeness (QED) is 0.725. The molecule has 0 fully saturated rings. The number of nitrogens with zero attached hydrogens (tertiary/aromatic N) is 1. The van der Waals surface area contributed by atoms with Crippen molar-refractivity contribution in [3.8, 4) is 11.3 Å². The number of H-pyrrole nitrogens is 1. The van der Waals surface area contributed by atoms with Crippen molar-refractivity contribution in [2.24, 2.45) is 0 Å². The van der Waals surface area contributed by atoms with Crippen LogP contribution in [0.3, 0.4) is 0 Å². The largest absolute Gasteiger partial charge is 0.382 e. The summed E-state index contributed by atoms with van der Waals surface area (Å²) < 4.78 is 12.9. The van der Waals surface area contributed by atoms with E-state index in [1.54, 1.807) is 19.1 Å². The molecule has 0 amide bonds. The summed E-state index contributed by atoms with van der Waals surface area (Å²) in [6.07, 6.45) is 0. The SMILES string of the molecule is Cc1nc(N)c(-c2cccc(F)c2)[nH]1. The van der Waals surface area contributed by atoms with Crippen LogP contribution in [0.15, 0.2) is 24.3 Å². The van der Waals surface area contributed by atoms with E-state index in [4.69, 9.17) is 5.73 Å². The third-order valence-electron chi connectivity index (χ3n) is 1.96. The summed E-state index contributed by atoms with van der Waals surface area (Å²) in [7, 11) is 0. The van der Waals surface area contributed by atoms with Crippen molar-refractivity contribution in [1.29, 1.82) is 0 Å². The average molecular weight is 191 g/mol. The molecule has 0 aliphatic carbocycles. The third kappa shape index (κ3) is 1.46. The van der Waals surface area contributed by atoms with Crippen LogP contribution >= 0.6 is 0 Å². The Hall–Kier alpha value is -1.84. The fraction of sp³-hybridized carbons (Fsp3) is 0.100. The fourth-order valence-corrected chi connectivity index (χ4v) is 1.37. The number of nitrogens with two attached hydrogens (primary N) is 1. The number of aromatic amines is 1. The van der Waals surface area contributed by atoms with E-state index in [-0.39, 0.29) is 5.82 Å². The number of imidazole rings is 1. The summed E-state index contributed by atoms with van der Waals surface area (Å²) in [4.78, 5) is 7.00. The van der Waals surface area contributed by atoms with Gasteiger partial charge in [-0.25, -0.2) is 9.37 Å². The second-order valence-corrected chi connectivity index (χ2v) is 3.09. The highest BCUT2D eigenvalue weighted by atomic mass is 19.1. The molecule has 1 aromatic heterocycles. The molecule has 0 radical (unpaired) electrons. The van der Waals surface area contributed by atoms with Crippen molar-refractivity contribution in [1.82, 2.24) is 9.97 Å². The fourth-order valence-electron chi connectivity index (χ4n) is 1.37. The van der Waals surface area contributed by atoms with E-state index in [2.05, 4.69) is 9.97 Å². The van der Waals surface area contributed by atoms with Crippen molar-refractivity contribution in [2.45, 2.75) is 6.92 Å². The highest BCUT2D eigenvalue weighted by molar-refractivity contribution is 5.70. The molecule has 2 rings (SSSR count). The van der Waals surface area contributed by atoms with Gasteiger partial charge >= 0.3 is 0 Å². The molecule has 0 spiro atoms. The Morgan fingerprint density at radius 3 is 2.79 bits per heavy atom. The molecule has 72 valence electrons. The first kappa shape index (κ1) is 8.74. The number of aryl methyl sites for hydroxylation is 1. The molecule has 4 heteroatoms. The lowest BCUT2D eigenvalue weighted by atomic mass is 10.1. The van der Waals surface area contributed by atoms with Gasteiger partial charge in [-0.1, -0.05) is 12.1 Å². The third-order valence-corrected chi connectivity index (χ3v) is 1.96. The number of hydrogen-bond acceptors (Lipinski definition) is 2. The number of nitrogens with one attached hydrogen (secondary N) is 1. The lowest BCUT2D eigenvalue weighted by Gasteiger charge is -1.98. The Balaban J connectivity index is 2.54. The standard InChI is InChI=1S/C10H10FN3/c1-6-13-9(10(12)14-6)7-3-2-4-8(11)5-7/h2-5H,12H2,1H3,(H,13,14). The number of nitrogen functional groups attached to an aromatic ring is 1. The van der Waals surface area contributed by atoms with Gasteiger partial charge in [-0.3, -0.25) is 0 Å². The Morgan fingerprint density at radius 1 is 1.43 bits per heavy atom. The topological polar surface area (TPSA) is 54.7 Å². The number of rotatable bonds is 1. The van der Waals surface area contributed by atoms with Crippen LogP contribution in [0.2, 0.25) is 0 Å². The van der Waals surface area contributed by atoms with E-state index in [0.717, 1.165) is 5.82 Å². The lowest BCUT2D eigenvalue weighted by molar-refractivity contribution is 0.628. The molecular formula is C10H10FN3. The van der Waals surface area contributed by atoms with E-state index >= 15 is 0 Å². The first-order valence-corrected chi connectivity index (χ1v) is 4.25. The van der Waals surface area contributed by atoms with E-state index in [9.17, 15) is 4.39 Å². The summed E-state index contributed by atoms with van der Waals surface area (Å²) in [6, 6.07) is 6.24. The summed E-state index contributed by atoms with van der Waals surface area (Å²) in [5, 5.41) is 0. The van der Waals surface area contributed by atoms with Crippen molar-refractivity contribution in [2.75, 3.05) is 5.73 Å². The van der Waals surface area contributed by atoms with E-state index < -0.39 is 0 Å². The molecule has 3 N–H and O–H groups in total. The zero-order valence-electron chi connectivity index (χ0n) is 7.71. The van der Waals surface area contributed by atoms with Crippen LogP contribution in [-0.2, 0) is 0 Å². The van der Waals surface area contributed by atoms with Crippen LogP contribution in [0.4, 0.5) is 10.2 Å². The van der Waals surface area contributed by atoms with Gasteiger partial charge in [0.2, 0.25) is 0 Å². The molecule has 1 aromatic carbocycles. The van der Waals surface area contributed by atoms with E-state index in [1.165, 1.54) is 12.1 Å². The molecule has 2 aromatic rings. The van der Waals surface area contributed by atoms with Gasteiger partial charge in [0.1, 0.15) is 17.5 Å². The minimum atomic E-state index is -0.283. The molecule has 0 unspecified atom stereocenters. The van der Waals surface area contributed by atoms with Gasteiger partial charge < -0.3 is 10.7 Å². The summed E-state index contributed by atoms with van der Waals surface area (Å²) in [5.74, 6) is 0.837. The highest BCUT2D eigenvalue weighted by Crippen LogP contribution is 2.23. The number of anilines is 1. The molecule has 1 heterocycles.